The fraction of sp³-hybridized carbons (Fsp3) is 0.913. The molecule has 0 bridgehead atoms. The molecule has 0 aliphatic rings. The van der Waals surface area contributed by atoms with Crippen LogP contribution < -0.4 is 5.32 Å². The summed E-state index contributed by atoms with van der Waals surface area (Å²) in [6.45, 7) is 7.42. The molecule has 0 fully saturated rings. The molecule has 0 spiro atoms. The highest BCUT2D eigenvalue weighted by molar-refractivity contribution is 5.92. The van der Waals surface area contributed by atoms with Gasteiger partial charge in [-0.3, -0.25) is 14.5 Å². The second-order valence-corrected chi connectivity index (χ2v) is 8.08. The molecular formula is C23H46N2O3. The predicted molar refractivity (Wildman–Crippen MR) is 117 cm³/mol. The van der Waals surface area contributed by atoms with Crippen LogP contribution in [0.1, 0.15) is 111 Å². The molecule has 1 unspecified atom stereocenters. The van der Waals surface area contributed by atoms with E-state index in [1.807, 2.05) is 0 Å². The third kappa shape index (κ3) is 17.2. The molecular weight excluding hydrogens is 352 g/mol. The van der Waals surface area contributed by atoms with Gasteiger partial charge in [0.1, 0.15) is 0 Å². The summed E-state index contributed by atoms with van der Waals surface area (Å²) in [6.07, 6.45) is 16.2. The molecule has 0 saturated carbocycles. The lowest BCUT2D eigenvalue weighted by atomic mass is 10.1. The lowest BCUT2D eigenvalue weighted by molar-refractivity contribution is -0.142. The van der Waals surface area contributed by atoms with Crippen LogP contribution in [0.25, 0.3) is 0 Å². The van der Waals surface area contributed by atoms with Crippen molar-refractivity contribution in [3.05, 3.63) is 0 Å². The summed E-state index contributed by atoms with van der Waals surface area (Å²) in [5.41, 5.74) is 0. The van der Waals surface area contributed by atoms with Crippen LogP contribution in [-0.2, 0) is 9.59 Å². The number of imide groups is 1. The molecule has 0 aromatic rings. The number of hydrogen-bond acceptors (Lipinski definition) is 4. The lowest BCUT2D eigenvalue weighted by Gasteiger charge is -2.16. The summed E-state index contributed by atoms with van der Waals surface area (Å²) in [6, 6.07) is 0. The van der Waals surface area contributed by atoms with E-state index in [9.17, 15) is 14.7 Å². The van der Waals surface area contributed by atoms with Gasteiger partial charge >= 0.3 is 0 Å². The van der Waals surface area contributed by atoms with Gasteiger partial charge < -0.3 is 10.4 Å². The van der Waals surface area contributed by atoms with E-state index in [1.165, 1.54) is 76.5 Å². The van der Waals surface area contributed by atoms with Crippen molar-refractivity contribution in [3.63, 3.8) is 0 Å². The SMILES string of the molecule is CCCCCCCCNCC(O)CCCCCCCCCN(C(C)=O)C(C)=O. The number of carbonyl (C=O) groups is 2. The first kappa shape index (κ1) is 27.1. The Labute approximate surface area is 173 Å². The summed E-state index contributed by atoms with van der Waals surface area (Å²) in [7, 11) is 0. The maximum absolute atomic E-state index is 11.3. The highest BCUT2D eigenvalue weighted by Crippen LogP contribution is 2.10. The summed E-state index contributed by atoms with van der Waals surface area (Å²) in [5.74, 6) is -0.319. The van der Waals surface area contributed by atoms with Crippen molar-refractivity contribution in [3.8, 4) is 0 Å². The van der Waals surface area contributed by atoms with Gasteiger partial charge in [-0.05, 0) is 25.8 Å². The van der Waals surface area contributed by atoms with Crippen molar-refractivity contribution in [2.45, 2.75) is 117 Å². The smallest absolute Gasteiger partial charge is 0.226 e. The van der Waals surface area contributed by atoms with Crippen LogP contribution in [0, 0.1) is 0 Å². The molecule has 0 aromatic heterocycles. The number of unbranched alkanes of at least 4 members (excludes halogenated alkanes) is 11. The molecule has 0 aliphatic heterocycles. The molecule has 166 valence electrons. The van der Waals surface area contributed by atoms with E-state index in [0.717, 1.165) is 45.2 Å². The molecule has 5 heteroatoms. The molecule has 0 heterocycles. The van der Waals surface area contributed by atoms with Gasteiger partial charge in [0.25, 0.3) is 0 Å². The Morgan fingerprint density at radius 3 is 1.86 bits per heavy atom. The Bertz CT molecular complexity index is 374. The summed E-state index contributed by atoms with van der Waals surface area (Å²) < 4.78 is 0. The van der Waals surface area contributed by atoms with Crippen LogP contribution in [-0.4, -0.2) is 47.6 Å². The third-order valence-corrected chi connectivity index (χ3v) is 5.27. The monoisotopic (exact) mass is 398 g/mol. The zero-order valence-corrected chi connectivity index (χ0v) is 18.8. The molecule has 1 atom stereocenters. The van der Waals surface area contributed by atoms with Gasteiger partial charge in [0.05, 0.1) is 6.10 Å². The number of hydrogen-bond donors (Lipinski definition) is 2. The quantitative estimate of drug-likeness (QED) is 0.306. The maximum Gasteiger partial charge on any atom is 0.226 e. The van der Waals surface area contributed by atoms with E-state index in [1.54, 1.807) is 0 Å². The van der Waals surface area contributed by atoms with Crippen molar-refractivity contribution >= 4 is 11.8 Å². The normalized spacial score (nSPS) is 12.1. The van der Waals surface area contributed by atoms with Gasteiger partial charge in [0.15, 0.2) is 0 Å². The molecule has 0 saturated heterocycles. The maximum atomic E-state index is 11.3. The van der Waals surface area contributed by atoms with E-state index in [4.69, 9.17) is 0 Å². The van der Waals surface area contributed by atoms with Crippen molar-refractivity contribution in [1.29, 1.82) is 0 Å². The van der Waals surface area contributed by atoms with Gasteiger partial charge in [0.2, 0.25) is 11.8 Å². The van der Waals surface area contributed by atoms with Gasteiger partial charge in [-0.2, -0.15) is 0 Å². The first-order valence-electron chi connectivity index (χ1n) is 11.7. The Kier molecular flexibility index (Phi) is 18.7. The van der Waals surface area contributed by atoms with Gasteiger partial charge in [-0.15, -0.1) is 0 Å². The number of amides is 2. The van der Waals surface area contributed by atoms with Crippen molar-refractivity contribution in [2.24, 2.45) is 0 Å². The molecule has 2 N–H and O–H groups in total. The molecule has 5 nitrogen and oxygen atoms in total. The standard InChI is InChI=1S/C23H46N2O3/c1-4-5-6-7-12-15-18-24-20-23(28)17-14-11-9-8-10-13-16-19-25(21(2)26)22(3)27/h23-24,28H,4-20H2,1-3H3. The summed E-state index contributed by atoms with van der Waals surface area (Å²) in [5, 5.41) is 13.4. The van der Waals surface area contributed by atoms with Crippen molar-refractivity contribution in [2.75, 3.05) is 19.6 Å². The van der Waals surface area contributed by atoms with Crippen LogP contribution >= 0.6 is 0 Å². The highest BCUT2D eigenvalue weighted by Gasteiger charge is 2.12. The predicted octanol–water partition coefficient (Wildman–Crippen LogP) is 4.81. The van der Waals surface area contributed by atoms with Gasteiger partial charge in [-0.25, -0.2) is 0 Å². The fourth-order valence-corrected chi connectivity index (χ4v) is 3.47. The topological polar surface area (TPSA) is 69.6 Å². The van der Waals surface area contributed by atoms with Crippen molar-refractivity contribution < 1.29 is 14.7 Å². The van der Waals surface area contributed by atoms with E-state index >= 15 is 0 Å². The van der Waals surface area contributed by atoms with E-state index in [0.29, 0.717) is 6.54 Å². The average Bonchev–Trinajstić information content (AvgIpc) is 2.64. The van der Waals surface area contributed by atoms with Crippen LogP contribution in [0.5, 0.6) is 0 Å². The zero-order valence-electron chi connectivity index (χ0n) is 18.8. The fourth-order valence-electron chi connectivity index (χ4n) is 3.47. The third-order valence-electron chi connectivity index (χ3n) is 5.27. The van der Waals surface area contributed by atoms with Crippen LogP contribution in [0.2, 0.25) is 0 Å². The molecule has 0 radical (unpaired) electrons. The number of aliphatic hydroxyl groups excluding tert-OH is 1. The largest absolute Gasteiger partial charge is 0.392 e. The number of nitrogens with zero attached hydrogens (tertiary/aromatic N) is 1. The lowest BCUT2D eigenvalue weighted by Crippen LogP contribution is -2.34. The summed E-state index contributed by atoms with van der Waals surface area (Å²) in [4.78, 5) is 23.9. The second kappa shape index (κ2) is 19.4. The van der Waals surface area contributed by atoms with E-state index in [-0.39, 0.29) is 17.9 Å². The Balaban J connectivity index is 3.35. The molecule has 0 aliphatic carbocycles. The summed E-state index contributed by atoms with van der Waals surface area (Å²) >= 11 is 0. The number of nitrogens with one attached hydrogen (secondary N) is 1. The average molecular weight is 399 g/mol. The van der Waals surface area contributed by atoms with E-state index in [2.05, 4.69) is 12.2 Å². The minimum atomic E-state index is -0.218. The van der Waals surface area contributed by atoms with Gasteiger partial charge in [-0.1, -0.05) is 77.6 Å². The first-order chi connectivity index (χ1) is 13.5. The molecule has 0 rings (SSSR count). The first-order valence-corrected chi connectivity index (χ1v) is 11.7. The second-order valence-electron chi connectivity index (χ2n) is 8.08. The van der Waals surface area contributed by atoms with Gasteiger partial charge in [0, 0.05) is 26.9 Å². The van der Waals surface area contributed by atoms with Crippen LogP contribution in [0.15, 0.2) is 0 Å². The zero-order chi connectivity index (χ0) is 21.0. The van der Waals surface area contributed by atoms with Crippen LogP contribution in [0.4, 0.5) is 0 Å². The van der Waals surface area contributed by atoms with Crippen molar-refractivity contribution in [1.82, 2.24) is 10.2 Å². The number of carbonyl (C=O) groups excluding carboxylic acids is 2. The minimum Gasteiger partial charge on any atom is -0.392 e. The number of aliphatic hydroxyl groups is 1. The Hall–Kier alpha value is -0.940. The van der Waals surface area contributed by atoms with E-state index < -0.39 is 0 Å². The highest BCUT2D eigenvalue weighted by atomic mass is 16.3. The molecule has 2 amide bonds. The molecule has 0 aromatic carbocycles. The Morgan fingerprint density at radius 2 is 1.29 bits per heavy atom. The van der Waals surface area contributed by atoms with Crippen LogP contribution in [0.3, 0.4) is 0 Å². The Morgan fingerprint density at radius 1 is 0.786 bits per heavy atom. The molecule has 28 heavy (non-hydrogen) atoms. The minimum absolute atomic E-state index is 0.160. The number of rotatable bonds is 19.